The van der Waals surface area contributed by atoms with Crippen molar-refractivity contribution in [1.29, 1.82) is 0 Å². The maximum absolute atomic E-state index is 5.72. The lowest BCUT2D eigenvalue weighted by atomic mass is 10.1. The van der Waals surface area contributed by atoms with Crippen molar-refractivity contribution in [2.45, 2.75) is 26.3 Å². The minimum Gasteiger partial charge on any atom is -0.389 e. The van der Waals surface area contributed by atoms with Crippen LogP contribution in [0.5, 0.6) is 0 Å². The average molecular weight is 305 g/mol. The van der Waals surface area contributed by atoms with Crippen LogP contribution in [0.25, 0.3) is 0 Å². The number of anilines is 1. The van der Waals surface area contributed by atoms with Gasteiger partial charge in [0, 0.05) is 35.6 Å². The van der Waals surface area contributed by atoms with E-state index < -0.39 is 0 Å². The quantitative estimate of drug-likeness (QED) is 0.862. The fourth-order valence-corrected chi connectivity index (χ4v) is 3.00. The lowest BCUT2D eigenvalue weighted by Gasteiger charge is -2.26. The number of thiophene rings is 1. The van der Waals surface area contributed by atoms with E-state index in [1.165, 1.54) is 4.88 Å². The van der Waals surface area contributed by atoms with Crippen molar-refractivity contribution < 1.29 is 0 Å². The Hall–Kier alpha value is -1.46. The van der Waals surface area contributed by atoms with E-state index in [1.54, 1.807) is 11.3 Å². The maximum atomic E-state index is 5.72. The van der Waals surface area contributed by atoms with Crippen molar-refractivity contribution in [3.8, 4) is 0 Å². The molecule has 106 valence electrons. The number of likely N-dealkylation sites (N-methyl/N-ethyl adjacent to an activating group) is 1. The van der Waals surface area contributed by atoms with Crippen molar-refractivity contribution in [2.24, 2.45) is 5.73 Å². The van der Waals surface area contributed by atoms with Gasteiger partial charge in [0.05, 0.1) is 0 Å². The first-order valence-electron chi connectivity index (χ1n) is 6.51. The summed E-state index contributed by atoms with van der Waals surface area (Å²) < 4.78 is 0. The van der Waals surface area contributed by atoms with Gasteiger partial charge in [-0.2, -0.15) is 0 Å². The molecule has 5 heteroatoms. The number of nitrogens with two attached hydrogens (primary N) is 1. The number of pyridine rings is 1. The van der Waals surface area contributed by atoms with Crippen LogP contribution in [0, 0.1) is 6.92 Å². The Morgan fingerprint density at radius 3 is 2.85 bits per heavy atom. The van der Waals surface area contributed by atoms with Crippen LogP contribution in [0.15, 0.2) is 29.6 Å². The van der Waals surface area contributed by atoms with Gasteiger partial charge in [0.15, 0.2) is 0 Å². The maximum Gasteiger partial charge on any atom is 0.129 e. The topological polar surface area (TPSA) is 42.1 Å². The second kappa shape index (κ2) is 6.33. The van der Waals surface area contributed by atoms with Gasteiger partial charge in [0.2, 0.25) is 0 Å². The first-order chi connectivity index (χ1) is 9.47. The van der Waals surface area contributed by atoms with Crippen LogP contribution in [-0.4, -0.2) is 23.1 Å². The van der Waals surface area contributed by atoms with Gasteiger partial charge < -0.3 is 10.6 Å². The third kappa shape index (κ3) is 3.55. The van der Waals surface area contributed by atoms with Gasteiger partial charge in [-0.3, -0.25) is 0 Å². The van der Waals surface area contributed by atoms with Gasteiger partial charge in [-0.05, 0) is 37.4 Å². The zero-order valence-corrected chi connectivity index (χ0v) is 13.6. The molecule has 0 amide bonds. The number of hydrogen-bond donors (Lipinski definition) is 1. The highest BCUT2D eigenvalue weighted by Crippen LogP contribution is 2.19. The first-order valence-corrected chi connectivity index (χ1v) is 7.80. The predicted molar refractivity (Wildman–Crippen MR) is 90.7 cm³/mol. The van der Waals surface area contributed by atoms with Crippen LogP contribution >= 0.6 is 23.6 Å². The van der Waals surface area contributed by atoms with E-state index in [9.17, 15) is 0 Å². The number of nitrogens with zero attached hydrogens (tertiary/aromatic N) is 2. The summed E-state index contributed by atoms with van der Waals surface area (Å²) in [5, 5.41) is 2.11. The second-order valence-electron chi connectivity index (χ2n) is 4.96. The van der Waals surface area contributed by atoms with Crippen LogP contribution in [0.1, 0.15) is 23.1 Å². The van der Waals surface area contributed by atoms with Crippen molar-refractivity contribution >= 4 is 34.4 Å². The molecule has 0 aliphatic carbocycles. The van der Waals surface area contributed by atoms with Crippen molar-refractivity contribution in [3.05, 3.63) is 45.8 Å². The molecule has 0 aromatic carbocycles. The number of aromatic nitrogens is 1. The molecule has 0 fully saturated rings. The number of hydrogen-bond acceptors (Lipinski definition) is 4. The molecule has 2 heterocycles. The highest BCUT2D eigenvalue weighted by atomic mass is 32.1. The van der Waals surface area contributed by atoms with Gasteiger partial charge >= 0.3 is 0 Å². The SMILES string of the molecule is Cc1cc(C(N)=S)cc(N(C)C(C)Cc2cccs2)n1. The van der Waals surface area contributed by atoms with Crippen LogP contribution in [0.3, 0.4) is 0 Å². The van der Waals surface area contributed by atoms with Crippen LogP contribution in [-0.2, 0) is 6.42 Å². The number of thiocarbonyl (C=S) groups is 1. The Morgan fingerprint density at radius 1 is 1.50 bits per heavy atom. The molecule has 1 unspecified atom stereocenters. The summed E-state index contributed by atoms with van der Waals surface area (Å²) in [7, 11) is 2.06. The predicted octanol–water partition coefficient (Wildman–Crippen LogP) is 3.15. The van der Waals surface area contributed by atoms with Crippen LogP contribution in [0.2, 0.25) is 0 Å². The van der Waals surface area contributed by atoms with E-state index in [4.69, 9.17) is 18.0 Å². The van der Waals surface area contributed by atoms with E-state index in [-0.39, 0.29) is 0 Å². The van der Waals surface area contributed by atoms with E-state index in [2.05, 4.69) is 41.4 Å². The zero-order chi connectivity index (χ0) is 14.7. The van der Waals surface area contributed by atoms with Crippen LogP contribution in [0.4, 0.5) is 5.82 Å². The Labute approximate surface area is 129 Å². The lowest BCUT2D eigenvalue weighted by Crippen LogP contribution is -2.31. The smallest absolute Gasteiger partial charge is 0.129 e. The molecule has 2 aromatic rings. The fraction of sp³-hybridized carbons (Fsp3) is 0.333. The van der Waals surface area contributed by atoms with E-state index in [0.29, 0.717) is 11.0 Å². The van der Waals surface area contributed by atoms with Crippen molar-refractivity contribution in [1.82, 2.24) is 4.98 Å². The molecule has 3 nitrogen and oxygen atoms in total. The standard InChI is InChI=1S/C15H19N3S2/c1-10-7-12(15(16)19)9-14(17-10)18(3)11(2)8-13-5-4-6-20-13/h4-7,9,11H,8H2,1-3H3,(H2,16,19). The molecule has 0 saturated heterocycles. The molecule has 0 saturated carbocycles. The summed E-state index contributed by atoms with van der Waals surface area (Å²) in [6.45, 7) is 4.16. The highest BCUT2D eigenvalue weighted by molar-refractivity contribution is 7.80. The zero-order valence-electron chi connectivity index (χ0n) is 12.0. The van der Waals surface area contributed by atoms with E-state index in [1.807, 2.05) is 19.1 Å². The summed E-state index contributed by atoms with van der Waals surface area (Å²) in [5.74, 6) is 0.914. The van der Waals surface area contributed by atoms with Crippen LogP contribution < -0.4 is 10.6 Å². The minimum atomic E-state index is 0.363. The molecule has 2 rings (SSSR count). The summed E-state index contributed by atoms with van der Waals surface area (Å²) in [5.41, 5.74) is 7.53. The van der Waals surface area contributed by atoms with Gasteiger partial charge in [-0.15, -0.1) is 11.3 Å². The molecule has 0 aliphatic rings. The number of rotatable bonds is 5. The Bertz CT molecular complexity index is 593. The summed E-state index contributed by atoms with van der Waals surface area (Å²) in [4.78, 5) is 8.55. The summed E-state index contributed by atoms with van der Waals surface area (Å²) in [6, 6.07) is 8.49. The molecule has 0 aliphatic heterocycles. The lowest BCUT2D eigenvalue weighted by molar-refractivity contribution is 0.679. The minimum absolute atomic E-state index is 0.363. The Balaban J connectivity index is 2.19. The molecule has 0 radical (unpaired) electrons. The summed E-state index contributed by atoms with van der Waals surface area (Å²) >= 11 is 6.85. The van der Waals surface area contributed by atoms with E-state index >= 15 is 0 Å². The molecule has 0 spiro atoms. The van der Waals surface area contributed by atoms with Crippen molar-refractivity contribution in [2.75, 3.05) is 11.9 Å². The third-order valence-electron chi connectivity index (χ3n) is 3.32. The average Bonchev–Trinajstić information content (AvgIpc) is 2.89. The number of aryl methyl sites for hydroxylation is 1. The van der Waals surface area contributed by atoms with Gasteiger partial charge in [-0.1, -0.05) is 18.3 Å². The second-order valence-corrected chi connectivity index (χ2v) is 6.44. The normalized spacial score (nSPS) is 12.2. The van der Waals surface area contributed by atoms with Gasteiger partial charge in [0.1, 0.15) is 10.8 Å². The van der Waals surface area contributed by atoms with Crippen molar-refractivity contribution in [3.63, 3.8) is 0 Å². The molecule has 2 N–H and O–H groups in total. The largest absolute Gasteiger partial charge is 0.389 e. The van der Waals surface area contributed by atoms with Gasteiger partial charge in [-0.25, -0.2) is 4.98 Å². The Morgan fingerprint density at radius 2 is 2.25 bits per heavy atom. The molecule has 0 bridgehead atoms. The molecule has 20 heavy (non-hydrogen) atoms. The van der Waals surface area contributed by atoms with E-state index in [0.717, 1.165) is 23.5 Å². The molecular weight excluding hydrogens is 286 g/mol. The molecule has 2 aromatic heterocycles. The third-order valence-corrected chi connectivity index (χ3v) is 4.46. The Kier molecular flexibility index (Phi) is 4.73. The molecule has 1 atom stereocenters. The summed E-state index contributed by atoms with van der Waals surface area (Å²) in [6.07, 6.45) is 1.01. The van der Waals surface area contributed by atoms with Gasteiger partial charge in [0.25, 0.3) is 0 Å². The fourth-order valence-electron chi connectivity index (χ4n) is 2.06. The molecular formula is C15H19N3S2. The monoisotopic (exact) mass is 305 g/mol. The first kappa shape index (κ1) is 14.9. The highest BCUT2D eigenvalue weighted by Gasteiger charge is 2.14.